The van der Waals surface area contributed by atoms with Crippen molar-refractivity contribution in [2.24, 2.45) is 5.10 Å². The van der Waals surface area contributed by atoms with E-state index in [4.69, 9.17) is 0 Å². The summed E-state index contributed by atoms with van der Waals surface area (Å²) in [4.78, 5) is 34.7. The van der Waals surface area contributed by atoms with Crippen LogP contribution >= 0.6 is 0 Å². The minimum absolute atomic E-state index is 0.118. The van der Waals surface area contributed by atoms with Crippen molar-refractivity contribution in [3.8, 4) is 0 Å². The number of rotatable bonds is 6. The van der Waals surface area contributed by atoms with Gasteiger partial charge in [0.15, 0.2) is 0 Å². The van der Waals surface area contributed by atoms with Crippen LogP contribution in [0.3, 0.4) is 0 Å². The van der Waals surface area contributed by atoms with Crippen LogP contribution in [0.25, 0.3) is 0 Å². The zero-order valence-electron chi connectivity index (χ0n) is 13.9. The first-order valence-electron chi connectivity index (χ1n) is 7.53. The van der Waals surface area contributed by atoms with Crippen LogP contribution in [0.1, 0.15) is 26.3 Å². The van der Waals surface area contributed by atoms with E-state index in [1.165, 1.54) is 31.5 Å². The van der Waals surface area contributed by atoms with Crippen LogP contribution in [0, 0.1) is 5.82 Å². The van der Waals surface area contributed by atoms with Gasteiger partial charge in [-0.25, -0.2) is 14.6 Å². The van der Waals surface area contributed by atoms with Gasteiger partial charge in [0, 0.05) is 5.56 Å². The molecule has 0 aliphatic heterocycles. The van der Waals surface area contributed by atoms with E-state index >= 15 is 0 Å². The molecular weight excluding hydrogens is 341 g/mol. The Morgan fingerprint density at radius 3 is 2.50 bits per heavy atom. The zero-order chi connectivity index (χ0) is 18.9. The Balaban J connectivity index is 1.80. The number of methoxy groups -OCH3 is 1. The maximum absolute atomic E-state index is 13.0. The Bertz CT molecular complexity index is 835. The van der Waals surface area contributed by atoms with E-state index in [0.29, 0.717) is 11.1 Å². The van der Waals surface area contributed by atoms with Gasteiger partial charge in [-0.05, 0) is 35.9 Å². The predicted molar refractivity (Wildman–Crippen MR) is 92.3 cm³/mol. The lowest BCUT2D eigenvalue weighted by Crippen LogP contribution is -2.34. The fourth-order valence-electron chi connectivity index (χ4n) is 1.93. The zero-order valence-corrected chi connectivity index (χ0v) is 13.9. The SMILES string of the molecule is COC(=O)c1ccc(/C=N\NC(=O)CNC(=O)c2cccc(F)c2)cc1. The van der Waals surface area contributed by atoms with E-state index in [1.807, 2.05) is 0 Å². The maximum Gasteiger partial charge on any atom is 0.337 e. The number of nitrogens with one attached hydrogen (secondary N) is 2. The van der Waals surface area contributed by atoms with Crippen LogP contribution in [0.4, 0.5) is 4.39 Å². The first-order chi connectivity index (χ1) is 12.5. The molecule has 0 saturated carbocycles. The van der Waals surface area contributed by atoms with Gasteiger partial charge in [-0.2, -0.15) is 5.10 Å². The smallest absolute Gasteiger partial charge is 0.337 e. The Morgan fingerprint density at radius 2 is 1.85 bits per heavy atom. The second kappa shape index (κ2) is 9.07. The van der Waals surface area contributed by atoms with Crippen molar-refractivity contribution in [2.45, 2.75) is 0 Å². The molecule has 0 spiro atoms. The number of amides is 2. The number of halogens is 1. The number of carbonyl (C=O) groups excluding carboxylic acids is 3. The highest BCUT2D eigenvalue weighted by molar-refractivity contribution is 5.96. The molecule has 0 aliphatic rings. The predicted octanol–water partition coefficient (Wildman–Crippen LogP) is 1.49. The molecule has 0 fully saturated rings. The highest BCUT2D eigenvalue weighted by Crippen LogP contribution is 2.04. The van der Waals surface area contributed by atoms with Crippen molar-refractivity contribution in [2.75, 3.05) is 13.7 Å². The van der Waals surface area contributed by atoms with E-state index in [9.17, 15) is 18.8 Å². The molecule has 2 aromatic rings. The second-order valence-corrected chi connectivity index (χ2v) is 5.10. The number of ether oxygens (including phenoxy) is 1. The topological polar surface area (TPSA) is 96.9 Å². The van der Waals surface area contributed by atoms with Crippen molar-refractivity contribution in [1.82, 2.24) is 10.7 Å². The van der Waals surface area contributed by atoms with Crippen LogP contribution < -0.4 is 10.7 Å². The Morgan fingerprint density at radius 1 is 1.12 bits per heavy atom. The van der Waals surface area contributed by atoms with Crippen molar-refractivity contribution >= 4 is 24.0 Å². The van der Waals surface area contributed by atoms with Crippen LogP contribution in [-0.4, -0.2) is 37.7 Å². The largest absolute Gasteiger partial charge is 0.465 e. The summed E-state index contributed by atoms with van der Waals surface area (Å²) >= 11 is 0. The second-order valence-electron chi connectivity index (χ2n) is 5.10. The van der Waals surface area contributed by atoms with Gasteiger partial charge >= 0.3 is 5.97 Å². The quantitative estimate of drug-likeness (QED) is 0.465. The fraction of sp³-hybridized carbons (Fsp3) is 0.111. The Hall–Kier alpha value is -3.55. The lowest BCUT2D eigenvalue weighted by atomic mass is 10.1. The highest BCUT2D eigenvalue weighted by atomic mass is 19.1. The van der Waals surface area contributed by atoms with Gasteiger partial charge < -0.3 is 10.1 Å². The standard InChI is InChI=1S/C18H16FN3O4/c1-26-18(25)13-7-5-12(6-8-13)10-21-22-16(23)11-20-17(24)14-3-2-4-15(19)9-14/h2-10H,11H2,1H3,(H,20,24)(H,22,23)/b21-10-. The summed E-state index contributed by atoms with van der Waals surface area (Å²) in [6.45, 7) is -0.312. The molecule has 2 amide bonds. The first-order valence-corrected chi connectivity index (χ1v) is 7.53. The molecule has 0 aromatic heterocycles. The normalized spacial score (nSPS) is 10.4. The summed E-state index contributed by atoms with van der Waals surface area (Å²) in [5.74, 6) is -2.10. The summed E-state index contributed by atoms with van der Waals surface area (Å²) in [5, 5.41) is 6.11. The Labute approximate surface area is 148 Å². The number of hydrogen-bond acceptors (Lipinski definition) is 5. The molecule has 7 nitrogen and oxygen atoms in total. The molecule has 0 bridgehead atoms. The first kappa shape index (κ1) is 18.8. The molecule has 2 aromatic carbocycles. The average Bonchev–Trinajstić information content (AvgIpc) is 2.66. The molecule has 0 aliphatic carbocycles. The minimum Gasteiger partial charge on any atom is -0.465 e. The summed E-state index contributed by atoms with van der Waals surface area (Å²) in [5.41, 5.74) is 3.42. The molecule has 26 heavy (non-hydrogen) atoms. The van der Waals surface area contributed by atoms with E-state index in [2.05, 4.69) is 20.6 Å². The number of carbonyl (C=O) groups is 3. The van der Waals surface area contributed by atoms with Crippen LogP contribution in [0.2, 0.25) is 0 Å². The molecule has 0 unspecified atom stereocenters. The van der Waals surface area contributed by atoms with Gasteiger partial charge in [0.05, 0.1) is 25.4 Å². The van der Waals surface area contributed by atoms with Crippen molar-refractivity contribution in [1.29, 1.82) is 0 Å². The number of hydrazone groups is 1. The highest BCUT2D eigenvalue weighted by Gasteiger charge is 2.08. The third-order valence-electron chi connectivity index (χ3n) is 3.23. The summed E-state index contributed by atoms with van der Waals surface area (Å²) in [7, 11) is 1.29. The van der Waals surface area contributed by atoms with Gasteiger partial charge in [-0.1, -0.05) is 18.2 Å². The molecular formula is C18H16FN3O4. The van der Waals surface area contributed by atoms with Gasteiger partial charge in [-0.3, -0.25) is 9.59 Å². The van der Waals surface area contributed by atoms with E-state index in [0.717, 1.165) is 6.07 Å². The molecule has 0 heterocycles. The molecule has 2 N–H and O–H groups in total. The van der Waals surface area contributed by atoms with Crippen molar-refractivity contribution in [3.05, 3.63) is 71.0 Å². The third kappa shape index (κ3) is 5.52. The molecule has 0 saturated heterocycles. The summed E-state index contributed by atoms with van der Waals surface area (Å²) in [6, 6.07) is 11.5. The maximum atomic E-state index is 13.0. The van der Waals surface area contributed by atoms with Crippen LogP contribution in [0.15, 0.2) is 53.6 Å². The van der Waals surface area contributed by atoms with E-state index in [1.54, 1.807) is 24.3 Å². The van der Waals surface area contributed by atoms with Gasteiger partial charge in [0.25, 0.3) is 11.8 Å². The molecule has 2 rings (SSSR count). The lowest BCUT2D eigenvalue weighted by molar-refractivity contribution is -0.120. The van der Waals surface area contributed by atoms with Gasteiger partial charge in [0.2, 0.25) is 0 Å². The summed E-state index contributed by atoms with van der Waals surface area (Å²) < 4.78 is 17.6. The molecule has 134 valence electrons. The van der Waals surface area contributed by atoms with Crippen molar-refractivity contribution in [3.63, 3.8) is 0 Å². The molecule has 0 atom stereocenters. The third-order valence-corrected chi connectivity index (χ3v) is 3.23. The van der Waals surface area contributed by atoms with Crippen LogP contribution in [0.5, 0.6) is 0 Å². The van der Waals surface area contributed by atoms with Crippen molar-refractivity contribution < 1.29 is 23.5 Å². The van der Waals surface area contributed by atoms with Crippen LogP contribution in [-0.2, 0) is 9.53 Å². The van der Waals surface area contributed by atoms with E-state index in [-0.39, 0.29) is 12.1 Å². The monoisotopic (exact) mass is 357 g/mol. The number of nitrogens with zero attached hydrogens (tertiary/aromatic N) is 1. The molecule has 8 heteroatoms. The number of esters is 1. The minimum atomic E-state index is -0.568. The van der Waals surface area contributed by atoms with Gasteiger partial charge in [0.1, 0.15) is 5.82 Å². The number of benzene rings is 2. The van der Waals surface area contributed by atoms with E-state index < -0.39 is 23.6 Å². The Kier molecular flexibility index (Phi) is 6.55. The lowest BCUT2D eigenvalue weighted by Gasteiger charge is -2.04. The molecule has 0 radical (unpaired) electrons. The van der Waals surface area contributed by atoms with Gasteiger partial charge in [-0.15, -0.1) is 0 Å². The number of hydrogen-bond donors (Lipinski definition) is 2. The fourth-order valence-corrected chi connectivity index (χ4v) is 1.93. The summed E-state index contributed by atoms with van der Waals surface area (Å²) in [6.07, 6.45) is 1.38. The average molecular weight is 357 g/mol.